The lowest BCUT2D eigenvalue weighted by Gasteiger charge is -1.43. The van der Waals surface area contributed by atoms with Crippen LogP contribution in [0.15, 0.2) is 0 Å². The molecule has 0 aromatic rings. The summed E-state index contributed by atoms with van der Waals surface area (Å²) in [5.74, 6) is 0. The van der Waals surface area contributed by atoms with Crippen LogP contribution in [0.1, 0.15) is 13.8 Å². The molecule has 0 aromatic heterocycles. The van der Waals surface area contributed by atoms with Crippen LogP contribution in [0.5, 0.6) is 0 Å². The Morgan fingerprint density at radius 1 is 1.33 bits per heavy atom. The van der Waals surface area contributed by atoms with Gasteiger partial charge in [-0.3, -0.25) is 4.55 Å². The highest BCUT2D eigenvalue weighted by molar-refractivity contribution is 7.66. The van der Waals surface area contributed by atoms with E-state index in [1.54, 1.807) is 0 Å². The van der Waals surface area contributed by atoms with E-state index in [-0.39, 0.29) is 0 Å². The second-order valence-electron chi connectivity index (χ2n) is 0.238. The van der Waals surface area contributed by atoms with E-state index < -0.39 is 11.0 Å². The maximum absolute atomic E-state index is 8.59. The molecule has 0 aromatic carbocycles. The van der Waals surface area contributed by atoms with Crippen molar-refractivity contribution in [3.63, 3.8) is 0 Å². The fraction of sp³-hybridized carbons (Fsp3) is 1.00. The van der Waals surface area contributed by atoms with Gasteiger partial charge in [0.15, 0.2) is 0 Å². The van der Waals surface area contributed by atoms with Gasteiger partial charge in [-0.1, -0.05) is 13.8 Å². The lowest BCUT2D eigenvalue weighted by Crippen LogP contribution is -1.58. The first kappa shape index (κ1) is 9.32. The predicted molar refractivity (Wildman–Crippen MR) is 24.3 cm³/mol. The van der Waals surface area contributed by atoms with Crippen LogP contribution in [0.25, 0.3) is 0 Å². The molecule has 0 aliphatic rings. The molecule has 0 heterocycles. The van der Waals surface area contributed by atoms with Gasteiger partial charge in [-0.2, -0.15) is 0 Å². The van der Waals surface area contributed by atoms with Gasteiger partial charge in [-0.25, -0.2) is 8.42 Å². The number of hydrogen-bond donors (Lipinski definition) is 2. The third kappa shape index (κ3) is 4090. The molecule has 0 aliphatic heterocycles. The molecule has 6 heavy (non-hydrogen) atoms. The Bertz CT molecular complexity index is 57.2. The number of thiol groups is 1. The zero-order valence-electron chi connectivity index (χ0n) is 3.71. The summed E-state index contributed by atoms with van der Waals surface area (Å²) in [5.41, 5.74) is 0. The van der Waals surface area contributed by atoms with Gasteiger partial charge in [0.1, 0.15) is 0 Å². The monoisotopic (exact) mass is 112 g/mol. The maximum Gasteiger partial charge on any atom is 0.254 e. The Hall–Kier alpha value is -0.0900. The molecule has 0 fully saturated rings. The van der Waals surface area contributed by atoms with E-state index in [1.165, 1.54) is 0 Å². The van der Waals surface area contributed by atoms with Crippen LogP contribution in [0.2, 0.25) is 0 Å². The molecule has 4 heteroatoms. The lowest BCUT2D eigenvalue weighted by molar-refractivity contribution is 0.509. The van der Waals surface area contributed by atoms with Gasteiger partial charge >= 0.3 is 0 Å². The minimum absolute atomic E-state index is 2.00. The van der Waals surface area contributed by atoms with Crippen molar-refractivity contribution in [3.8, 4) is 0 Å². The van der Waals surface area contributed by atoms with Gasteiger partial charge in [0.2, 0.25) is 0 Å². The highest BCUT2D eigenvalue weighted by atomic mass is 32.2. The minimum atomic E-state index is -3.12. The minimum Gasteiger partial charge on any atom is -0.288 e. The van der Waals surface area contributed by atoms with Gasteiger partial charge in [0.05, 0.1) is 0 Å². The number of rotatable bonds is 0. The van der Waals surface area contributed by atoms with E-state index in [0.717, 1.165) is 0 Å². The van der Waals surface area contributed by atoms with Gasteiger partial charge < -0.3 is 0 Å². The standard InChI is InChI=1S/C2H6.H2O3S/c1-2;1-4(2)3/h1-2H3;4H,(H,1,2,3). The second kappa shape index (κ2) is 8.86. The molecule has 40 valence electrons. The van der Waals surface area contributed by atoms with Gasteiger partial charge in [0, 0.05) is 0 Å². The van der Waals surface area contributed by atoms with Crippen molar-refractivity contribution in [2.45, 2.75) is 13.8 Å². The molecule has 0 rings (SSSR count). The molecule has 0 amide bonds. The average Bonchev–Trinajstić information content (AvgIpc) is 1.41. The molecule has 0 saturated heterocycles. The third-order valence-corrected chi connectivity index (χ3v) is 0. The fourth-order valence-electron chi connectivity index (χ4n) is 0. The summed E-state index contributed by atoms with van der Waals surface area (Å²) in [6.07, 6.45) is 0. The lowest BCUT2D eigenvalue weighted by atomic mass is 11.0. The summed E-state index contributed by atoms with van der Waals surface area (Å²) in [4.78, 5) is 0. The van der Waals surface area contributed by atoms with E-state index >= 15 is 0 Å². The van der Waals surface area contributed by atoms with Crippen LogP contribution in [0, 0.1) is 0 Å². The van der Waals surface area contributed by atoms with Crippen LogP contribution < -0.4 is 0 Å². The maximum atomic E-state index is 8.59. The highest BCUT2D eigenvalue weighted by Crippen LogP contribution is 1.27. The Balaban J connectivity index is 0. The van der Waals surface area contributed by atoms with Gasteiger partial charge in [0.25, 0.3) is 11.0 Å². The molecular weight excluding hydrogens is 104 g/mol. The smallest absolute Gasteiger partial charge is 0.254 e. The van der Waals surface area contributed by atoms with Crippen LogP contribution in [0.3, 0.4) is 0 Å². The third-order valence-electron chi connectivity index (χ3n) is 0. The average molecular weight is 112 g/mol. The van der Waals surface area contributed by atoms with Crippen LogP contribution >= 0.6 is 0 Å². The predicted octanol–water partition coefficient (Wildman–Crippen LogP) is 0.0970. The first-order valence-corrected chi connectivity index (χ1v) is 2.70. The van der Waals surface area contributed by atoms with Crippen molar-refractivity contribution >= 4 is 11.0 Å². The largest absolute Gasteiger partial charge is 0.288 e. The molecule has 0 aliphatic carbocycles. The molecule has 1 N–H and O–H groups in total. The summed E-state index contributed by atoms with van der Waals surface area (Å²) in [6, 6.07) is 0. The Kier molecular flexibility index (Phi) is 13.8. The van der Waals surface area contributed by atoms with Crippen molar-refractivity contribution in [2.24, 2.45) is 0 Å². The van der Waals surface area contributed by atoms with Crippen molar-refractivity contribution in [2.75, 3.05) is 0 Å². The zero-order chi connectivity index (χ0) is 5.58. The van der Waals surface area contributed by atoms with Crippen molar-refractivity contribution in [1.82, 2.24) is 0 Å². The highest BCUT2D eigenvalue weighted by Gasteiger charge is 1.44. The molecule has 0 unspecified atom stereocenters. The SMILES string of the molecule is CC.O=[SH](=O)O. The first-order chi connectivity index (χ1) is 2.73. The van der Waals surface area contributed by atoms with E-state index in [1.807, 2.05) is 13.8 Å². The van der Waals surface area contributed by atoms with Gasteiger partial charge in [-0.15, -0.1) is 0 Å². The van der Waals surface area contributed by atoms with Crippen LogP contribution in [-0.2, 0) is 11.0 Å². The fourth-order valence-corrected chi connectivity index (χ4v) is 0. The van der Waals surface area contributed by atoms with E-state index in [0.29, 0.717) is 0 Å². The normalized spacial score (nSPS) is 6.67. The summed E-state index contributed by atoms with van der Waals surface area (Å²) >= 11 is 0. The topological polar surface area (TPSA) is 54.4 Å². The molecule has 3 nitrogen and oxygen atoms in total. The van der Waals surface area contributed by atoms with E-state index in [9.17, 15) is 0 Å². The summed E-state index contributed by atoms with van der Waals surface area (Å²) in [5, 5.41) is 0. The Morgan fingerprint density at radius 2 is 1.33 bits per heavy atom. The molecule has 0 radical (unpaired) electrons. The summed E-state index contributed by atoms with van der Waals surface area (Å²) in [6.45, 7) is 4.00. The zero-order valence-corrected chi connectivity index (χ0v) is 4.61. The van der Waals surface area contributed by atoms with Crippen molar-refractivity contribution in [3.05, 3.63) is 0 Å². The second-order valence-corrected chi connectivity index (χ2v) is 0.714. The quantitative estimate of drug-likeness (QED) is 0.345. The molecule has 0 bridgehead atoms. The van der Waals surface area contributed by atoms with Gasteiger partial charge in [-0.05, 0) is 0 Å². The van der Waals surface area contributed by atoms with E-state index in [2.05, 4.69) is 0 Å². The Labute approximate surface area is 38.8 Å². The molecule has 0 spiro atoms. The van der Waals surface area contributed by atoms with Crippen molar-refractivity contribution in [1.29, 1.82) is 0 Å². The summed E-state index contributed by atoms with van der Waals surface area (Å²) in [7, 11) is -3.12. The van der Waals surface area contributed by atoms with Crippen LogP contribution in [-0.4, -0.2) is 13.0 Å². The van der Waals surface area contributed by atoms with Crippen molar-refractivity contribution < 1.29 is 13.0 Å². The molecule has 0 saturated carbocycles. The molecular formula is C2H8O3S. The first-order valence-electron chi connectivity index (χ1n) is 1.57. The van der Waals surface area contributed by atoms with E-state index in [4.69, 9.17) is 13.0 Å². The Morgan fingerprint density at radius 3 is 1.33 bits per heavy atom. The molecule has 0 atom stereocenters. The number of hydrogen-bond acceptors (Lipinski definition) is 2. The summed E-state index contributed by atoms with van der Waals surface area (Å²) < 4.78 is 24.2. The van der Waals surface area contributed by atoms with Crippen LogP contribution in [0.4, 0.5) is 0 Å².